The molecule has 1 aromatic heterocycles. The molecular weight excluding hydrogens is 269 g/mol. The van der Waals surface area contributed by atoms with Gasteiger partial charge in [0.25, 0.3) is 0 Å². The van der Waals surface area contributed by atoms with Crippen molar-refractivity contribution in [1.29, 1.82) is 0 Å². The van der Waals surface area contributed by atoms with Gasteiger partial charge in [0.1, 0.15) is 17.7 Å². The quantitative estimate of drug-likeness (QED) is 0.914. The average Bonchev–Trinajstić information content (AvgIpc) is 3.05. The second-order valence-electron chi connectivity index (χ2n) is 5.64. The Morgan fingerprint density at radius 1 is 1.43 bits per heavy atom. The standard InChI is InChI=1S/C17H20FNO2/c1-2-3-16(20)12-6-7-19(10-12)11-15-9-13-8-14(18)4-5-17(13)21-15/h4-8,10,15-16,20H,2-3,9,11H2,1H3. The molecule has 2 heterocycles. The van der Waals surface area contributed by atoms with Gasteiger partial charge in [-0.2, -0.15) is 0 Å². The van der Waals surface area contributed by atoms with Crippen LogP contribution >= 0.6 is 0 Å². The zero-order valence-corrected chi connectivity index (χ0v) is 12.1. The number of rotatable bonds is 5. The van der Waals surface area contributed by atoms with E-state index in [9.17, 15) is 9.50 Å². The first-order valence-corrected chi connectivity index (χ1v) is 7.44. The smallest absolute Gasteiger partial charge is 0.123 e. The van der Waals surface area contributed by atoms with E-state index in [1.54, 1.807) is 12.1 Å². The molecule has 21 heavy (non-hydrogen) atoms. The number of hydrogen-bond acceptors (Lipinski definition) is 2. The van der Waals surface area contributed by atoms with Crippen LogP contribution in [-0.4, -0.2) is 15.8 Å². The maximum atomic E-state index is 13.2. The van der Waals surface area contributed by atoms with E-state index in [0.29, 0.717) is 6.54 Å². The van der Waals surface area contributed by atoms with Gasteiger partial charge in [0.15, 0.2) is 0 Å². The molecule has 1 aliphatic rings. The summed E-state index contributed by atoms with van der Waals surface area (Å²) in [6.07, 6.45) is 6.00. The van der Waals surface area contributed by atoms with Gasteiger partial charge in [-0.15, -0.1) is 0 Å². The number of fused-ring (bicyclic) bond motifs is 1. The first-order chi connectivity index (χ1) is 10.2. The molecule has 0 radical (unpaired) electrons. The number of ether oxygens (including phenoxy) is 1. The van der Waals surface area contributed by atoms with Gasteiger partial charge in [-0.25, -0.2) is 4.39 Å². The van der Waals surface area contributed by atoms with Crippen molar-refractivity contribution in [3.05, 3.63) is 53.6 Å². The summed E-state index contributed by atoms with van der Waals surface area (Å²) < 4.78 is 21.1. The van der Waals surface area contributed by atoms with E-state index < -0.39 is 6.10 Å². The summed E-state index contributed by atoms with van der Waals surface area (Å²) in [6.45, 7) is 2.76. The van der Waals surface area contributed by atoms with E-state index in [0.717, 1.165) is 36.1 Å². The minimum absolute atomic E-state index is 0.0189. The van der Waals surface area contributed by atoms with Crippen LogP contribution in [0.2, 0.25) is 0 Å². The zero-order valence-electron chi connectivity index (χ0n) is 12.1. The molecule has 2 unspecified atom stereocenters. The second kappa shape index (κ2) is 5.90. The van der Waals surface area contributed by atoms with Crippen molar-refractivity contribution in [2.24, 2.45) is 0 Å². The van der Waals surface area contributed by atoms with Crippen molar-refractivity contribution in [3.63, 3.8) is 0 Å². The lowest BCUT2D eigenvalue weighted by atomic mass is 10.1. The summed E-state index contributed by atoms with van der Waals surface area (Å²) in [5.41, 5.74) is 1.87. The van der Waals surface area contributed by atoms with Crippen LogP contribution in [0.3, 0.4) is 0 Å². The SMILES string of the molecule is CCCC(O)c1ccn(CC2Cc3cc(F)ccc3O2)c1. The van der Waals surface area contributed by atoms with E-state index in [-0.39, 0.29) is 11.9 Å². The van der Waals surface area contributed by atoms with Crippen molar-refractivity contribution in [1.82, 2.24) is 4.57 Å². The Morgan fingerprint density at radius 3 is 3.10 bits per heavy atom. The van der Waals surface area contributed by atoms with Gasteiger partial charge in [-0.05, 0) is 36.2 Å². The molecule has 0 saturated heterocycles. The van der Waals surface area contributed by atoms with Crippen LogP contribution in [0.25, 0.3) is 0 Å². The molecule has 3 rings (SSSR count). The molecule has 2 aromatic rings. The van der Waals surface area contributed by atoms with E-state index in [2.05, 4.69) is 6.92 Å². The Balaban J connectivity index is 1.64. The van der Waals surface area contributed by atoms with Crippen LogP contribution in [0.15, 0.2) is 36.7 Å². The van der Waals surface area contributed by atoms with Crippen LogP contribution in [0, 0.1) is 5.82 Å². The van der Waals surface area contributed by atoms with Crippen LogP contribution in [0.5, 0.6) is 5.75 Å². The molecule has 0 amide bonds. The molecule has 0 spiro atoms. The number of nitrogens with zero attached hydrogens (tertiary/aromatic N) is 1. The summed E-state index contributed by atoms with van der Waals surface area (Å²) >= 11 is 0. The highest BCUT2D eigenvalue weighted by molar-refractivity contribution is 5.37. The lowest BCUT2D eigenvalue weighted by Crippen LogP contribution is -2.19. The number of benzene rings is 1. The van der Waals surface area contributed by atoms with Crippen LogP contribution in [0.1, 0.15) is 37.0 Å². The third-order valence-electron chi connectivity index (χ3n) is 3.90. The van der Waals surface area contributed by atoms with Crippen LogP contribution < -0.4 is 4.74 Å². The highest BCUT2D eigenvalue weighted by atomic mass is 19.1. The van der Waals surface area contributed by atoms with Crippen molar-refractivity contribution in [2.75, 3.05) is 0 Å². The molecule has 3 nitrogen and oxygen atoms in total. The van der Waals surface area contributed by atoms with Crippen molar-refractivity contribution in [3.8, 4) is 5.75 Å². The van der Waals surface area contributed by atoms with Gasteiger partial charge >= 0.3 is 0 Å². The van der Waals surface area contributed by atoms with E-state index in [4.69, 9.17) is 4.74 Å². The van der Waals surface area contributed by atoms with Crippen LogP contribution in [0.4, 0.5) is 4.39 Å². The second-order valence-corrected chi connectivity index (χ2v) is 5.64. The molecule has 1 aliphatic heterocycles. The Labute approximate surface area is 124 Å². The highest BCUT2D eigenvalue weighted by Gasteiger charge is 2.23. The van der Waals surface area contributed by atoms with Gasteiger partial charge in [0, 0.05) is 24.4 Å². The first-order valence-electron chi connectivity index (χ1n) is 7.44. The molecule has 0 bridgehead atoms. The Morgan fingerprint density at radius 2 is 2.29 bits per heavy atom. The van der Waals surface area contributed by atoms with Gasteiger partial charge in [0.2, 0.25) is 0 Å². The molecule has 1 N–H and O–H groups in total. The van der Waals surface area contributed by atoms with Crippen molar-refractivity contribution in [2.45, 2.75) is 44.9 Å². The predicted molar refractivity (Wildman–Crippen MR) is 78.8 cm³/mol. The average molecular weight is 289 g/mol. The predicted octanol–water partition coefficient (Wildman–Crippen LogP) is 3.46. The number of aliphatic hydroxyl groups excluding tert-OH is 1. The first kappa shape index (κ1) is 14.1. The fourth-order valence-corrected chi connectivity index (χ4v) is 2.84. The third-order valence-corrected chi connectivity index (χ3v) is 3.90. The summed E-state index contributed by atoms with van der Waals surface area (Å²) in [4.78, 5) is 0. The lowest BCUT2D eigenvalue weighted by Gasteiger charge is -2.12. The number of aliphatic hydroxyl groups is 1. The highest BCUT2D eigenvalue weighted by Crippen LogP contribution is 2.30. The normalized spacial score (nSPS) is 18.3. The fraction of sp³-hybridized carbons (Fsp3) is 0.412. The molecule has 4 heteroatoms. The molecule has 0 aliphatic carbocycles. The van der Waals surface area contributed by atoms with Gasteiger partial charge in [-0.1, -0.05) is 13.3 Å². The van der Waals surface area contributed by atoms with Gasteiger partial charge in [-0.3, -0.25) is 0 Å². The lowest BCUT2D eigenvalue weighted by molar-refractivity contribution is 0.166. The topological polar surface area (TPSA) is 34.4 Å². The van der Waals surface area contributed by atoms with Crippen LogP contribution in [-0.2, 0) is 13.0 Å². The maximum absolute atomic E-state index is 13.2. The third kappa shape index (κ3) is 3.10. The fourth-order valence-electron chi connectivity index (χ4n) is 2.84. The van der Waals surface area contributed by atoms with E-state index >= 15 is 0 Å². The zero-order chi connectivity index (χ0) is 14.8. The maximum Gasteiger partial charge on any atom is 0.123 e. The number of halogens is 1. The van der Waals surface area contributed by atoms with Crippen molar-refractivity contribution >= 4 is 0 Å². The molecule has 0 saturated carbocycles. The summed E-state index contributed by atoms with van der Waals surface area (Å²) in [6, 6.07) is 6.61. The summed E-state index contributed by atoms with van der Waals surface area (Å²) in [5, 5.41) is 9.98. The van der Waals surface area contributed by atoms with E-state index in [1.165, 1.54) is 6.07 Å². The summed E-state index contributed by atoms with van der Waals surface area (Å²) in [7, 11) is 0. The van der Waals surface area contributed by atoms with E-state index in [1.807, 2.05) is 23.0 Å². The minimum atomic E-state index is -0.396. The number of hydrogen-bond donors (Lipinski definition) is 1. The largest absolute Gasteiger partial charge is 0.488 e. The monoisotopic (exact) mass is 289 g/mol. The van der Waals surface area contributed by atoms with Gasteiger partial charge in [0.05, 0.1) is 12.6 Å². The minimum Gasteiger partial charge on any atom is -0.488 e. The number of aromatic nitrogens is 1. The Hall–Kier alpha value is -1.81. The Bertz CT molecular complexity index is 623. The van der Waals surface area contributed by atoms with Crippen molar-refractivity contribution < 1.29 is 14.2 Å². The molecule has 2 atom stereocenters. The van der Waals surface area contributed by atoms with Gasteiger partial charge < -0.3 is 14.4 Å². The summed E-state index contributed by atoms with van der Waals surface area (Å²) in [5.74, 6) is 0.559. The molecule has 1 aromatic carbocycles. The molecule has 0 fully saturated rings. The Kier molecular flexibility index (Phi) is 3.97. The molecular formula is C17H20FNO2. The molecule has 112 valence electrons.